The van der Waals surface area contributed by atoms with Crippen molar-refractivity contribution in [2.45, 2.75) is 6.92 Å². The minimum atomic E-state index is 1.06. The Morgan fingerprint density at radius 2 is 1.59 bits per heavy atom. The monoisotopic (exact) mass is 301 g/mol. The van der Waals surface area contributed by atoms with Crippen LogP contribution in [0.3, 0.4) is 0 Å². The molecular weight excluding hydrogens is 286 g/mol. The Morgan fingerprint density at radius 3 is 2.36 bits per heavy atom. The molecule has 0 aliphatic heterocycles. The lowest BCUT2D eigenvalue weighted by molar-refractivity contribution is 1.37. The molecule has 0 saturated carbocycles. The summed E-state index contributed by atoms with van der Waals surface area (Å²) in [7, 11) is 0. The standard InChI is InChI=1S/C20H15NS/c1-14-16-10-5-6-11-17(16)21-20(18-12-7-13-22-18)19(14)15-8-3-2-4-9-15/h2-13H,1H3. The minimum absolute atomic E-state index is 1.06. The van der Waals surface area contributed by atoms with Gasteiger partial charge in [-0.25, -0.2) is 4.98 Å². The molecular formula is C20H15NS. The number of thiophene rings is 1. The number of hydrogen-bond donors (Lipinski definition) is 0. The number of hydrogen-bond acceptors (Lipinski definition) is 2. The summed E-state index contributed by atoms with van der Waals surface area (Å²) in [4.78, 5) is 6.18. The van der Waals surface area contributed by atoms with Gasteiger partial charge in [0.25, 0.3) is 0 Å². The summed E-state index contributed by atoms with van der Waals surface area (Å²) in [5, 5.41) is 3.33. The number of pyridine rings is 1. The summed E-state index contributed by atoms with van der Waals surface area (Å²) in [5.74, 6) is 0. The maximum absolute atomic E-state index is 4.97. The Bertz CT molecular complexity index is 925. The topological polar surface area (TPSA) is 12.9 Å². The average molecular weight is 301 g/mol. The molecule has 0 spiro atoms. The third-order valence-corrected chi connectivity index (χ3v) is 4.85. The van der Waals surface area contributed by atoms with Crippen molar-refractivity contribution in [1.82, 2.24) is 4.98 Å². The van der Waals surface area contributed by atoms with Crippen molar-refractivity contribution in [1.29, 1.82) is 0 Å². The van der Waals surface area contributed by atoms with Crippen LogP contribution in [0.1, 0.15) is 5.56 Å². The smallest absolute Gasteiger partial charge is 0.0890 e. The van der Waals surface area contributed by atoms with Crippen LogP contribution < -0.4 is 0 Å². The van der Waals surface area contributed by atoms with Gasteiger partial charge in [-0.05, 0) is 35.6 Å². The summed E-state index contributed by atoms with van der Waals surface area (Å²) in [5.41, 5.74) is 5.89. The molecule has 0 atom stereocenters. The van der Waals surface area contributed by atoms with E-state index in [1.807, 2.05) is 0 Å². The van der Waals surface area contributed by atoms with Crippen LogP contribution in [-0.4, -0.2) is 4.98 Å². The van der Waals surface area contributed by atoms with Crippen LogP contribution in [0.15, 0.2) is 72.1 Å². The highest BCUT2D eigenvalue weighted by Crippen LogP contribution is 2.38. The van der Waals surface area contributed by atoms with Gasteiger partial charge in [-0.2, -0.15) is 0 Å². The summed E-state index contributed by atoms with van der Waals surface area (Å²) >= 11 is 1.74. The van der Waals surface area contributed by atoms with Gasteiger partial charge in [0.2, 0.25) is 0 Å². The second-order valence-electron chi connectivity index (χ2n) is 5.32. The van der Waals surface area contributed by atoms with Crippen molar-refractivity contribution < 1.29 is 0 Å². The molecule has 2 aromatic heterocycles. The fourth-order valence-corrected chi connectivity index (χ4v) is 3.65. The molecule has 0 fully saturated rings. The number of aryl methyl sites for hydroxylation is 1. The molecule has 0 radical (unpaired) electrons. The van der Waals surface area contributed by atoms with Crippen LogP contribution in [0.5, 0.6) is 0 Å². The summed E-state index contributed by atoms with van der Waals surface area (Å²) in [6.45, 7) is 2.20. The molecule has 0 bridgehead atoms. The summed E-state index contributed by atoms with van der Waals surface area (Å²) < 4.78 is 0. The first-order chi connectivity index (χ1) is 10.8. The Hall–Kier alpha value is -2.45. The Morgan fingerprint density at radius 1 is 0.818 bits per heavy atom. The zero-order valence-electron chi connectivity index (χ0n) is 12.3. The van der Waals surface area contributed by atoms with Gasteiger partial charge in [-0.15, -0.1) is 11.3 Å². The van der Waals surface area contributed by atoms with Crippen molar-refractivity contribution in [3.05, 3.63) is 77.7 Å². The lowest BCUT2D eigenvalue weighted by Gasteiger charge is -2.14. The van der Waals surface area contributed by atoms with Crippen molar-refractivity contribution in [2.24, 2.45) is 0 Å². The van der Waals surface area contributed by atoms with Crippen LogP contribution in [0.2, 0.25) is 0 Å². The molecule has 106 valence electrons. The normalized spacial score (nSPS) is 11.0. The average Bonchev–Trinajstić information content (AvgIpc) is 3.10. The first-order valence-electron chi connectivity index (χ1n) is 7.33. The van der Waals surface area contributed by atoms with Crippen LogP contribution in [0, 0.1) is 6.92 Å². The molecule has 0 N–H and O–H groups in total. The van der Waals surface area contributed by atoms with Gasteiger partial charge in [-0.1, -0.05) is 54.6 Å². The maximum atomic E-state index is 4.97. The fourth-order valence-electron chi connectivity index (χ4n) is 2.93. The van der Waals surface area contributed by atoms with Crippen molar-refractivity contribution in [2.75, 3.05) is 0 Å². The molecule has 0 unspecified atom stereocenters. The quantitative estimate of drug-likeness (QED) is 0.446. The van der Waals surface area contributed by atoms with Crippen molar-refractivity contribution in [3.63, 3.8) is 0 Å². The highest BCUT2D eigenvalue weighted by atomic mass is 32.1. The van der Waals surface area contributed by atoms with Crippen molar-refractivity contribution in [3.8, 4) is 21.7 Å². The second-order valence-corrected chi connectivity index (χ2v) is 6.27. The highest BCUT2D eigenvalue weighted by molar-refractivity contribution is 7.13. The molecule has 0 amide bonds. The van der Waals surface area contributed by atoms with E-state index in [1.54, 1.807) is 11.3 Å². The van der Waals surface area contributed by atoms with E-state index in [-0.39, 0.29) is 0 Å². The van der Waals surface area contributed by atoms with E-state index in [1.165, 1.54) is 27.0 Å². The molecule has 4 aromatic rings. The first-order valence-corrected chi connectivity index (χ1v) is 8.21. The zero-order valence-corrected chi connectivity index (χ0v) is 13.1. The molecule has 22 heavy (non-hydrogen) atoms. The molecule has 4 rings (SSSR count). The maximum Gasteiger partial charge on any atom is 0.0890 e. The predicted molar refractivity (Wildman–Crippen MR) is 95.2 cm³/mol. The zero-order chi connectivity index (χ0) is 14.9. The van der Waals surface area contributed by atoms with Gasteiger partial charge in [0.15, 0.2) is 0 Å². The number of fused-ring (bicyclic) bond motifs is 1. The number of para-hydroxylation sites is 1. The van der Waals surface area contributed by atoms with Gasteiger partial charge in [0, 0.05) is 10.9 Å². The molecule has 1 nitrogen and oxygen atoms in total. The van der Waals surface area contributed by atoms with E-state index in [0.29, 0.717) is 0 Å². The molecule has 2 aromatic carbocycles. The van der Waals surface area contributed by atoms with Crippen LogP contribution >= 0.6 is 11.3 Å². The predicted octanol–water partition coefficient (Wildman–Crippen LogP) is 5.94. The largest absolute Gasteiger partial charge is 0.246 e. The molecule has 0 saturated heterocycles. The van der Waals surface area contributed by atoms with E-state index in [0.717, 1.165) is 11.2 Å². The fraction of sp³-hybridized carbons (Fsp3) is 0.0500. The SMILES string of the molecule is Cc1c(-c2ccccc2)c(-c2cccs2)nc2ccccc12. The van der Waals surface area contributed by atoms with Crippen LogP contribution in [0.4, 0.5) is 0 Å². The highest BCUT2D eigenvalue weighted by Gasteiger charge is 2.15. The third-order valence-electron chi connectivity index (χ3n) is 3.97. The van der Waals surface area contributed by atoms with Gasteiger partial charge in [0.1, 0.15) is 0 Å². The number of benzene rings is 2. The lowest BCUT2D eigenvalue weighted by atomic mass is 9.95. The summed E-state index contributed by atoms with van der Waals surface area (Å²) in [6.07, 6.45) is 0. The van der Waals surface area contributed by atoms with E-state index >= 15 is 0 Å². The van der Waals surface area contributed by atoms with Crippen molar-refractivity contribution >= 4 is 22.2 Å². The van der Waals surface area contributed by atoms with Gasteiger partial charge in [0.05, 0.1) is 16.1 Å². The number of rotatable bonds is 2. The molecule has 2 heteroatoms. The Balaban J connectivity index is 2.12. The van der Waals surface area contributed by atoms with Gasteiger partial charge < -0.3 is 0 Å². The van der Waals surface area contributed by atoms with E-state index in [2.05, 4.69) is 79.0 Å². The third kappa shape index (κ3) is 2.13. The number of aromatic nitrogens is 1. The molecule has 2 heterocycles. The van der Waals surface area contributed by atoms with Crippen LogP contribution in [0.25, 0.3) is 32.6 Å². The Kier molecular flexibility index (Phi) is 3.24. The minimum Gasteiger partial charge on any atom is -0.246 e. The first kappa shape index (κ1) is 13.2. The van der Waals surface area contributed by atoms with Gasteiger partial charge >= 0.3 is 0 Å². The van der Waals surface area contributed by atoms with E-state index < -0.39 is 0 Å². The molecule has 0 aliphatic rings. The lowest BCUT2D eigenvalue weighted by Crippen LogP contribution is -1.94. The second kappa shape index (κ2) is 5.39. The number of nitrogens with zero attached hydrogens (tertiary/aromatic N) is 1. The Labute approximate surface area is 133 Å². The van der Waals surface area contributed by atoms with E-state index in [4.69, 9.17) is 4.98 Å². The van der Waals surface area contributed by atoms with Crippen LogP contribution in [-0.2, 0) is 0 Å². The van der Waals surface area contributed by atoms with E-state index in [9.17, 15) is 0 Å². The molecule has 0 aliphatic carbocycles. The van der Waals surface area contributed by atoms with Gasteiger partial charge in [-0.3, -0.25) is 0 Å². The summed E-state index contributed by atoms with van der Waals surface area (Å²) in [6, 6.07) is 23.2.